The fourth-order valence-electron chi connectivity index (χ4n) is 2.85. The molecule has 1 fully saturated rings. The molecule has 1 N–H and O–H groups in total. The quantitative estimate of drug-likeness (QED) is 0.725. The minimum atomic E-state index is 0.201. The zero-order chi connectivity index (χ0) is 13.4. The second kappa shape index (κ2) is 8.89. The van der Waals surface area contributed by atoms with Crippen molar-refractivity contribution in [1.82, 2.24) is 5.32 Å². The maximum atomic E-state index is 6.20. The number of ether oxygens (including phenoxy) is 2. The smallest absolute Gasteiger partial charge is 0.0785 e. The molecular weight excluding hydrogens is 226 g/mol. The molecule has 4 unspecified atom stereocenters. The summed E-state index contributed by atoms with van der Waals surface area (Å²) in [6.45, 7) is 11.1. The molecule has 0 amide bonds. The summed E-state index contributed by atoms with van der Waals surface area (Å²) in [7, 11) is 0. The Morgan fingerprint density at radius 1 is 1.22 bits per heavy atom. The van der Waals surface area contributed by atoms with E-state index < -0.39 is 0 Å². The van der Waals surface area contributed by atoms with Gasteiger partial charge in [0.15, 0.2) is 0 Å². The predicted molar refractivity (Wildman–Crippen MR) is 75.9 cm³/mol. The van der Waals surface area contributed by atoms with E-state index in [1.807, 2.05) is 6.92 Å². The first-order valence-electron chi connectivity index (χ1n) is 7.67. The van der Waals surface area contributed by atoms with Crippen molar-refractivity contribution in [2.75, 3.05) is 19.8 Å². The van der Waals surface area contributed by atoms with Gasteiger partial charge >= 0.3 is 0 Å². The van der Waals surface area contributed by atoms with Gasteiger partial charge in [0, 0.05) is 12.6 Å². The van der Waals surface area contributed by atoms with Crippen LogP contribution >= 0.6 is 0 Å². The van der Waals surface area contributed by atoms with Crippen LogP contribution in [-0.4, -0.2) is 38.0 Å². The number of hydrogen-bond donors (Lipinski definition) is 1. The fraction of sp³-hybridized carbons (Fsp3) is 1.00. The minimum absolute atomic E-state index is 0.201. The number of hydrogen-bond acceptors (Lipinski definition) is 3. The van der Waals surface area contributed by atoms with Crippen molar-refractivity contribution >= 4 is 0 Å². The van der Waals surface area contributed by atoms with Gasteiger partial charge in [-0.25, -0.2) is 0 Å². The van der Waals surface area contributed by atoms with Crippen LogP contribution in [0.4, 0.5) is 0 Å². The van der Waals surface area contributed by atoms with Crippen molar-refractivity contribution in [3.63, 3.8) is 0 Å². The highest BCUT2D eigenvalue weighted by atomic mass is 16.5. The SMILES string of the molecule is CCNC1CCC(CC)CC1OC(C)COCC. The Morgan fingerprint density at radius 3 is 2.61 bits per heavy atom. The fourth-order valence-corrected chi connectivity index (χ4v) is 2.85. The third-order valence-corrected chi connectivity index (χ3v) is 3.91. The molecule has 1 aliphatic rings. The first-order chi connectivity index (χ1) is 8.71. The second-order valence-electron chi connectivity index (χ2n) is 5.40. The van der Waals surface area contributed by atoms with Crippen LogP contribution in [0.15, 0.2) is 0 Å². The Morgan fingerprint density at radius 2 is 2.00 bits per heavy atom. The van der Waals surface area contributed by atoms with Gasteiger partial charge in [-0.15, -0.1) is 0 Å². The summed E-state index contributed by atoms with van der Waals surface area (Å²) in [6, 6.07) is 0.530. The van der Waals surface area contributed by atoms with E-state index in [9.17, 15) is 0 Å². The lowest BCUT2D eigenvalue weighted by Crippen LogP contribution is -2.47. The Balaban J connectivity index is 2.44. The van der Waals surface area contributed by atoms with Crippen LogP contribution in [0, 0.1) is 5.92 Å². The number of likely N-dealkylation sites (N-methyl/N-ethyl adjacent to an activating group) is 1. The molecule has 18 heavy (non-hydrogen) atoms. The van der Waals surface area contributed by atoms with Crippen LogP contribution in [0.2, 0.25) is 0 Å². The van der Waals surface area contributed by atoms with E-state index in [-0.39, 0.29) is 6.10 Å². The average molecular weight is 257 g/mol. The van der Waals surface area contributed by atoms with Gasteiger partial charge in [0.05, 0.1) is 18.8 Å². The Bertz CT molecular complexity index is 211. The molecule has 0 heterocycles. The van der Waals surface area contributed by atoms with Crippen LogP contribution in [0.1, 0.15) is 53.4 Å². The monoisotopic (exact) mass is 257 g/mol. The molecule has 1 rings (SSSR count). The van der Waals surface area contributed by atoms with Crippen molar-refractivity contribution in [2.45, 2.75) is 71.6 Å². The highest BCUT2D eigenvalue weighted by Crippen LogP contribution is 2.29. The second-order valence-corrected chi connectivity index (χ2v) is 5.40. The Hall–Kier alpha value is -0.120. The lowest BCUT2D eigenvalue weighted by atomic mass is 9.82. The molecule has 3 heteroatoms. The van der Waals surface area contributed by atoms with Gasteiger partial charge < -0.3 is 14.8 Å². The van der Waals surface area contributed by atoms with Crippen LogP contribution in [0.3, 0.4) is 0 Å². The zero-order valence-electron chi connectivity index (χ0n) is 12.6. The number of rotatable bonds is 8. The van der Waals surface area contributed by atoms with Crippen molar-refractivity contribution in [3.05, 3.63) is 0 Å². The largest absolute Gasteiger partial charge is 0.379 e. The summed E-state index contributed by atoms with van der Waals surface area (Å²) in [4.78, 5) is 0. The van der Waals surface area contributed by atoms with Crippen LogP contribution in [0.5, 0.6) is 0 Å². The summed E-state index contributed by atoms with van der Waals surface area (Å²) >= 11 is 0. The molecule has 108 valence electrons. The van der Waals surface area contributed by atoms with Crippen LogP contribution in [0.25, 0.3) is 0 Å². The van der Waals surface area contributed by atoms with Crippen molar-refractivity contribution in [2.24, 2.45) is 5.92 Å². The van der Waals surface area contributed by atoms with E-state index in [1.54, 1.807) is 0 Å². The van der Waals surface area contributed by atoms with Crippen LogP contribution < -0.4 is 5.32 Å². The third-order valence-electron chi connectivity index (χ3n) is 3.91. The molecule has 3 nitrogen and oxygen atoms in total. The summed E-state index contributed by atoms with van der Waals surface area (Å²) in [5.41, 5.74) is 0. The number of nitrogens with one attached hydrogen (secondary N) is 1. The first kappa shape index (κ1) is 15.9. The highest BCUT2D eigenvalue weighted by Gasteiger charge is 2.30. The van der Waals surface area contributed by atoms with Gasteiger partial charge in [-0.2, -0.15) is 0 Å². The van der Waals surface area contributed by atoms with E-state index in [0.717, 1.165) is 19.1 Å². The molecule has 1 saturated carbocycles. The first-order valence-corrected chi connectivity index (χ1v) is 7.67. The maximum Gasteiger partial charge on any atom is 0.0785 e. The lowest BCUT2D eigenvalue weighted by Gasteiger charge is -2.37. The van der Waals surface area contributed by atoms with E-state index in [0.29, 0.717) is 18.8 Å². The highest BCUT2D eigenvalue weighted by molar-refractivity contribution is 4.85. The molecular formula is C15H31NO2. The van der Waals surface area contributed by atoms with Gasteiger partial charge in [0.25, 0.3) is 0 Å². The molecule has 0 aliphatic heterocycles. The van der Waals surface area contributed by atoms with Gasteiger partial charge in [-0.3, -0.25) is 0 Å². The molecule has 1 aliphatic carbocycles. The summed E-state index contributed by atoms with van der Waals surface area (Å²) in [5, 5.41) is 3.57. The zero-order valence-corrected chi connectivity index (χ0v) is 12.6. The normalized spacial score (nSPS) is 30.3. The van der Waals surface area contributed by atoms with E-state index >= 15 is 0 Å². The topological polar surface area (TPSA) is 30.5 Å². The molecule has 0 aromatic heterocycles. The summed E-state index contributed by atoms with van der Waals surface area (Å²) < 4.78 is 11.6. The third kappa shape index (κ3) is 5.25. The van der Waals surface area contributed by atoms with Gasteiger partial charge in [-0.1, -0.05) is 20.3 Å². The average Bonchev–Trinajstić information content (AvgIpc) is 2.38. The molecule has 0 spiro atoms. The van der Waals surface area contributed by atoms with Crippen molar-refractivity contribution in [1.29, 1.82) is 0 Å². The molecule has 4 atom stereocenters. The van der Waals surface area contributed by atoms with E-state index in [4.69, 9.17) is 9.47 Å². The molecule has 0 radical (unpaired) electrons. The minimum Gasteiger partial charge on any atom is -0.379 e. The standard InChI is InChI=1S/C15H31NO2/c1-5-13-8-9-14(16-6-2)15(10-13)18-12(4)11-17-7-3/h12-16H,5-11H2,1-4H3. The van der Waals surface area contributed by atoms with Crippen LogP contribution in [-0.2, 0) is 9.47 Å². The maximum absolute atomic E-state index is 6.20. The van der Waals surface area contributed by atoms with Crippen molar-refractivity contribution in [3.8, 4) is 0 Å². The van der Waals surface area contributed by atoms with Gasteiger partial charge in [0.2, 0.25) is 0 Å². The van der Waals surface area contributed by atoms with E-state index in [2.05, 4.69) is 26.1 Å². The molecule has 0 saturated heterocycles. The van der Waals surface area contributed by atoms with Gasteiger partial charge in [-0.05, 0) is 45.6 Å². The van der Waals surface area contributed by atoms with E-state index in [1.165, 1.54) is 25.7 Å². The molecule has 0 aromatic rings. The van der Waals surface area contributed by atoms with Crippen molar-refractivity contribution < 1.29 is 9.47 Å². The predicted octanol–water partition coefficient (Wildman–Crippen LogP) is 2.98. The lowest BCUT2D eigenvalue weighted by molar-refractivity contribution is -0.0786. The molecule has 0 bridgehead atoms. The Kier molecular flexibility index (Phi) is 7.87. The van der Waals surface area contributed by atoms with Gasteiger partial charge in [0.1, 0.15) is 0 Å². The summed E-state index contributed by atoms with van der Waals surface area (Å²) in [6.07, 6.45) is 5.63. The Labute approximate surface area is 113 Å². The molecule has 0 aromatic carbocycles. The summed E-state index contributed by atoms with van der Waals surface area (Å²) in [5.74, 6) is 0.837.